The molecule has 0 aliphatic rings. The second-order valence-electron chi connectivity index (χ2n) is 3.11. The first-order chi connectivity index (χ1) is 6.74. The maximum absolute atomic E-state index is 5.25. The fourth-order valence-corrected chi connectivity index (χ4v) is 2.56. The molecule has 0 bridgehead atoms. The largest absolute Gasteiger partial charge is 0.528 e. The lowest BCUT2D eigenvalue weighted by Gasteiger charge is -2.20. The molecule has 0 heterocycles. The fraction of sp³-hybridized carbons (Fsp3) is 0.800. The van der Waals surface area contributed by atoms with Crippen LogP contribution in [0.25, 0.3) is 0 Å². The summed E-state index contributed by atoms with van der Waals surface area (Å²) in [6, 6.07) is 0. The Bertz CT molecular complexity index is 147. The van der Waals surface area contributed by atoms with E-state index in [1.54, 1.807) is 21.3 Å². The van der Waals surface area contributed by atoms with Gasteiger partial charge in [0.1, 0.15) is 0 Å². The number of rotatable bonds is 8. The van der Waals surface area contributed by atoms with E-state index in [4.69, 9.17) is 13.3 Å². The van der Waals surface area contributed by atoms with E-state index in [9.17, 15) is 0 Å². The molecule has 0 aromatic heterocycles. The number of unbranched alkanes of at least 4 members (excludes halogenated alkanes) is 3. The zero-order valence-corrected chi connectivity index (χ0v) is 10.7. The summed E-state index contributed by atoms with van der Waals surface area (Å²) >= 11 is 0. The molecule has 4 heteroatoms. The molecule has 0 saturated heterocycles. The summed E-state index contributed by atoms with van der Waals surface area (Å²) in [5.74, 6) is 0. The molecule has 0 aliphatic carbocycles. The molecule has 0 rings (SSSR count). The van der Waals surface area contributed by atoms with Gasteiger partial charge in [-0.3, -0.25) is 0 Å². The van der Waals surface area contributed by atoms with Crippen molar-refractivity contribution in [3.05, 3.63) is 11.8 Å². The second-order valence-corrected chi connectivity index (χ2v) is 5.88. The van der Waals surface area contributed by atoms with Crippen LogP contribution in [0.4, 0.5) is 0 Å². The Morgan fingerprint density at radius 2 is 1.57 bits per heavy atom. The predicted octanol–water partition coefficient (Wildman–Crippen LogP) is 2.54. The Labute approximate surface area is 88.4 Å². The topological polar surface area (TPSA) is 27.7 Å². The molecule has 0 radical (unpaired) electrons. The summed E-state index contributed by atoms with van der Waals surface area (Å²) < 4.78 is 15.8. The Morgan fingerprint density at radius 1 is 1.00 bits per heavy atom. The molecule has 0 spiro atoms. The van der Waals surface area contributed by atoms with Gasteiger partial charge >= 0.3 is 8.80 Å². The molecule has 3 nitrogen and oxygen atoms in total. The van der Waals surface area contributed by atoms with Crippen LogP contribution in [0.3, 0.4) is 0 Å². The molecule has 0 fully saturated rings. The lowest BCUT2D eigenvalue weighted by molar-refractivity contribution is 0.138. The summed E-state index contributed by atoms with van der Waals surface area (Å²) in [5, 5.41) is 0. The van der Waals surface area contributed by atoms with E-state index in [0.717, 1.165) is 6.42 Å². The van der Waals surface area contributed by atoms with E-state index >= 15 is 0 Å². The number of hydrogen-bond donors (Lipinski definition) is 0. The van der Waals surface area contributed by atoms with Gasteiger partial charge in [-0.2, -0.15) is 0 Å². The Morgan fingerprint density at radius 3 is 2.00 bits per heavy atom. The Hall–Kier alpha value is -0.163. The van der Waals surface area contributed by atoms with Crippen molar-refractivity contribution in [1.82, 2.24) is 0 Å². The van der Waals surface area contributed by atoms with Crippen LogP contribution in [0.1, 0.15) is 32.6 Å². The molecular weight excluding hydrogens is 196 g/mol. The van der Waals surface area contributed by atoms with Gasteiger partial charge in [0.05, 0.1) is 0 Å². The van der Waals surface area contributed by atoms with Gasteiger partial charge in [-0.15, -0.1) is 0 Å². The second kappa shape index (κ2) is 8.17. The smallest absolute Gasteiger partial charge is 0.374 e. The highest BCUT2D eigenvalue weighted by Crippen LogP contribution is 2.09. The van der Waals surface area contributed by atoms with E-state index < -0.39 is 8.80 Å². The molecule has 84 valence electrons. The van der Waals surface area contributed by atoms with Gasteiger partial charge in [-0.1, -0.05) is 25.8 Å². The van der Waals surface area contributed by atoms with Crippen LogP contribution in [0.2, 0.25) is 0 Å². The quantitative estimate of drug-likeness (QED) is 0.463. The highest BCUT2D eigenvalue weighted by Gasteiger charge is 2.33. The van der Waals surface area contributed by atoms with Crippen molar-refractivity contribution in [1.29, 1.82) is 0 Å². The van der Waals surface area contributed by atoms with Crippen molar-refractivity contribution in [2.45, 2.75) is 32.6 Å². The normalized spacial score (nSPS) is 12.6. The minimum Gasteiger partial charge on any atom is -0.374 e. The Balaban J connectivity index is 3.90. The minimum atomic E-state index is -2.46. The van der Waals surface area contributed by atoms with Crippen molar-refractivity contribution < 1.29 is 13.3 Å². The van der Waals surface area contributed by atoms with Gasteiger partial charge in [0, 0.05) is 21.3 Å². The molecular formula is C10H22O3Si. The van der Waals surface area contributed by atoms with Crippen LogP contribution >= 0.6 is 0 Å². The Kier molecular flexibility index (Phi) is 8.08. The average molecular weight is 218 g/mol. The van der Waals surface area contributed by atoms with Crippen molar-refractivity contribution in [2.75, 3.05) is 21.3 Å². The molecule has 14 heavy (non-hydrogen) atoms. The highest BCUT2D eigenvalue weighted by molar-refractivity contribution is 6.66. The van der Waals surface area contributed by atoms with E-state index in [-0.39, 0.29) is 0 Å². The SMILES string of the molecule is CCCCCC=C[Si](OC)(OC)OC. The van der Waals surface area contributed by atoms with Crippen molar-refractivity contribution in [2.24, 2.45) is 0 Å². The van der Waals surface area contributed by atoms with Gasteiger partial charge in [-0.05, 0) is 18.5 Å². The maximum atomic E-state index is 5.25. The molecule has 0 aromatic rings. The lowest BCUT2D eigenvalue weighted by Crippen LogP contribution is -2.40. The minimum absolute atomic E-state index is 1.07. The summed E-state index contributed by atoms with van der Waals surface area (Å²) in [7, 11) is 2.40. The molecule has 0 atom stereocenters. The summed E-state index contributed by atoms with van der Waals surface area (Å²) in [6.07, 6.45) is 6.90. The summed E-state index contributed by atoms with van der Waals surface area (Å²) in [4.78, 5) is 0. The van der Waals surface area contributed by atoms with Crippen LogP contribution < -0.4 is 0 Å². The predicted molar refractivity (Wildman–Crippen MR) is 60.1 cm³/mol. The summed E-state index contributed by atoms with van der Waals surface area (Å²) in [5.41, 5.74) is 1.95. The van der Waals surface area contributed by atoms with Gasteiger partial charge in [0.25, 0.3) is 0 Å². The molecule has 0 aromatic carbocycles. The van der Waals surface area contributed by atoms with Crippen LogP contribution in [0.15, 0.2) is 11.8 Å². The van der Waals surface area contributed by atoms with Gasteiger partial charge in [0.15, 0.2) is 0 Å². The van der Waals surface area contributed by atoms with Gasteiger partial charge in [-0.25, -0.2) is 0 Å². The maximum Gasteiger partial charge on any atom is 0.528 e. The van der Waals surface area contributed by atoms with Gasteiger partial charge < -0.3 is 13.3 Å². The average Bonchev–Trinajstić information content (AvgIpc) is 2.24. The molecule has 0 amide bonds. The number of hydrogen-bond acceptors (Lipinski definition) is 3. The van der Waals surface area contributed by atoms with Crippen LogP contribution in [0, 0.1) is 0 Å². The zero-order valence-electron chi connectivity index (χ0n) is 9.71. The third kappa shape index (κ3) is 4.90. The number of allylic oxidation sites excluding steroid dienone is 1. The highest BCUT2D eigenvalue weighted by atomic mass is 28.4. The van der Waals surface area contributed by atoms with Crippen molar-refractivity contribution >= 4 is 8.80 Å². The first-order valence-electron chi connectivity index (χ1n) is 5.07. The van der Waals surface area contributed by atoms with Crippen molar-refractivity contribution in [3.8, 4) is 0 Å². The van der Waals surface area contributed by atoms with Gasteiger partial charge in [0.2, 0.25) is 0 Å². The first kappa shape index (κ1) is 13.8. The third-order valence-corrected chi connectivity index (χ3v) is 4.50. The standard InChI is InChI=1S/C10H22O3Si/c1-5-6-7-8-9-10-14(11-2,12-3)13-4/h9-10H,5-8H2,1-4H3. The molecule has 0 unspecified atom stereocenters. The first-order valence-corrected chi connectivity index (χ1v) is 6.88. The van der Waals surface area contributed by atoms with E-state index in [1.165, 1.54) is 19.3 Å². The monoisotopic (exact) mass is 218 g/mol. The fourth-order valence-electron chi connectivity index (χ4n) is 1.19. The lowest BCUT2D eigenvalue weighted by atomic mass is 10.2. The van der Waals surface area contributed by atoms with E-state index in [2.05, 4.69) is 13.0 Å². The van der Waals surface area contributed by atoms with E-state index in [1.807, 2.05) is 5.70 Å². The molecule has 0 N–H and O–H groups in total. The third-order valence-electron chi connectivity index (χ3n) is 2.15. The van der Waals surface area contributed by atoms with Crippen LogP contribution in [-0.4, -0.2) is 30.1 Å². The van der Waals surface area contributed by atoms with Crippen LogP contribution in [0.5, 0.6) is 0 Å². The zero-order chi connectivity index (χ0) is 10.9. The molecule has 0 saturated carbocycles. The summed E-state index contributed by atoms with van der Waals surface area (Å²) in [6.45, 7) is 2.20. The molecule has 0 aliphatic heterocycles. The van der Waals surface area contributed by atoms with Crippen molar-refractivity contribution in [3.63, 3.8) is 0 Å². The van der Waals surface area contributed by atoms with E-state index in [0.29, 0.717) is 0 Å². The van der Waals surface area contributed by atoms with Crippen LogP contribution in [-0.2, 0) is 13.3 Å².